The second-order valence-corrected chi connectivity index (χ2v) is 3.81. The zero-order valence-corrected chi connectivity index (χ0v) is 9.97. The first-order chi connectivity index (χ1) is 8.26. The lowest BCUT2D eigenvalue weighted by Crippen LogP contribution is -2.04. The van der Waals surface area contributed by atoms with Gasteiger partial charge in [0.2, 0.25) is 0 Å². The molecule has 0 saturated heterocycles. The summed E-state index contributed by atoms with van der Waals surface area (Å²) in [6, 6.07) is 7.94. The van der Waals surface area contributed by atoms with Gasteiger partial charge in [-0.2, -0.15) is 0 Å². The molecular formula is C13H15NO3. The molecule has 0 fully saturated rings. The van der Waals surface area contributed by atoms with Crippen molar-refractivity contribution in [1.29, 1.82) is 0 Å². The quantitative estimate of drug-likeness (QED) is 0.758. The topological polar surface area (TPSA) is 40.5 Å². The van der Waals surface area contributed by atoms with E-state index in [4.69, 9.17) is 9.47 Å². The lowest BCUT2D eigenvalue weighted by Gasteiger charge is -2.01. The highest BCUT2D eigenvalue weighted by molar-refractivity contribution is 5.87. The Morgan fingerprint density at radius 3 is 2.76 bits per heavy atom. The van der Waals surface area contributed by atoms with Crippen LogP contribution in [0, 0.1) is 0 Å². The monoisotopic (exact) mass is 233 g/mol. The van der Waals surface area contributed by atoms with Crippen LogP contribution in [-0.4, -0.2) is 24.8 Å². The average Bonchev–Trinajstić information content (AvgIpc) is 2.69. The van der Waals surface area contributed by atoms with Gasteiger partial charge < -0.3 is 14.0 Å². The van der Waals surface area contributed by atoms with E-state index < -0.39 is 0 Å². The summed E-state index contributed by atoms with van der Waals surface area (Å²) in [7, 11) is 3.05. The summed E-state index contributed by atoms with van der Waals surface area (Å²) in [6.07, 6.45) is 2.22. The number of fused-ring (bicyclic) bond motifs is 1. The number of carbonyl (C=O) groups is 1. The highest BCUT2D eigenvalue weighted by atomic mass is 16.5. The maximum Gasteiger partial charge on any atom is 0.310 e. The molecule has 4 heteroatoms. The van der Waals surface area contributed by atoms with Crippen molar-refractivity contribution in [3.63, 3.8) is 0 Å². The van der Waals surface area contributed by atoms with Gasteiger partial charge in [0, 0.05) is 18.7 Å². The van der Waals surface area contributed by atoms with Gasteiger partial charge in [0.25, 0.3) is 0 Å². The van der Waals surface area contributed by atoms with Crippen molar-refractivity contribution >= 4 is 16.9 Å². The third-order valence-corrected chi connectivity index (χ3v) is 2.70. The molecule has 0 aliphatic heterocycles. The van der Waals surface area contributed by atoms with Gasteiger partial charge in [-0.15, -0.1) is 0 Å². The van der Waals surface area contributed by atoms with Crippen LogP contribution in [0.4, 0.5) is 0 Å². The summed E-state index contributed by atoms with van der Waals surface area (Å²) < 4.78 is 11.8. The number of rotatable bonds is 4. The van der Waals surface area contributed by atoms with Crippen molar-refractivity contribution in [3.05, 3.63) is 36.0 Å². The van der Waals surface area contributed by atoms with E-state index in [0.717, 1.165) is 16.5 Å². The first kappa shape index (κ1) is 11.7. The molecule has 1 aromatic carbocycles. The number of nitrogens with zero attached hydrogens (tertiary/aromatic N) is 1. The first-order valence-corrected chi connectivity index (χ1v) is 5.38. The van der Waals surface area contributed by atoms with E-state index in [1.165, 1.54) is 7.11 Å². The van der Waals surface area contributed by atoms with Gasteiger partial charge >= 0.3 is 5.97 Å². The van der Waals surface area contributed by atoms with E-state index in [2.05, 4.69) is 0 Å². The SMILES string of the molecule is COCn1cc(CC(=O)OC)c2ccccc21. The Kier molecular flexibility index (Phi) is 3.44. The largest absolute Gasteiger partial charge is 0.469 e. The van der Waals surface area contributed by atoms with E-state index in [1.807, 2.05) is 35.0 Å². The molecule has 0 atom stereocenters. The van der Waals surface area contributed by atoms with Gasteiger partial charge in [0.1, 0.15) is 6.73 Å². The van der Waals surface area contributed by atoms with Crippen LogP contribution in [-0.2, 0) is 27.4 Å². The Bertz CT molecular complexity index is 530. The summed E-state index contributed by atoms with van der Waals surface area (Å²) in [6.45, 7) is 0.474. The number of ether oxygens (including phenoxy) is 2. The molecule has 17 heavy (non-hydrogen) atoms. The van der Waals surface area contributed by atoms with Crippen LogP contribution in [0.5, 0.6) is 0 Å². The van der Waals surface area contributed by atoms with E-state index in [-0.39, 0.29) is 12.4 Å². The molecule has 1 heterocycles. The summed E-state index contributed by atoms with van der Waals surface area (Å²) in [5, 5.41) is 1.06. The number of para-hydroxylation sites is 1. The van der Waals surface area contributed by atoms with Crippen LogP contribution in [0.2, 0.25) is 0 Å². The Hall–Kier alpha value is -1.81. The lowest BCUT2D eigenvalue weighted by molar-refractivity contribution is -0.139. The van der Waals surface area contributed by atoms with Crippen molar-refractivity contribution in [1.82, 2.24) is 4.57 Å². The zero-order valence-electron chi connectivity index (χ0n) is 9.97. The Balaban J connectivity index is 2.44. The minimum absolute atomic E-state index is 0.231. The van der Waals surface area contributed by atoms with Crippen LogP contribution in [0.25, 0.3) is 10.9 Å². The van der Waals surface area contributed by atoms with Crippen molar-refractivity contribution < 1.29 is 14.3 Å². The van der Waals surface area contributed by atoms with Crippen LogP contribution < -0.4 is 0 Å². The van der Waals surface area contributed by atoms with Gasteiger partial charge in [0.15, 0.2) is 0 Å². The number of esters is 1. The molecule has 0 N–H and O–H groups in total. The number of hydrogen-bond acceptors (Lipinski definition) is 3. The molecule has 0 unspecified atom stereocenters. The fourth-order valence-electron chi connectivity index (χ4n) is 1.94. The molecule has 0 bridgehead atoms. The van der Waals surface area contributed by atoms with E-state index in [0.29, 0.717) is 6.73 Å². The molecule has 2 rings (SSSR count). The van der Waals surface area contributed by atoms with Crippen LogP contribution in [0.3, 0.4) is 0 Å². The van der Waals surface area contributed by atoms with E-state index >= 15 is 0 Å². The third kappa shape index (κ3) is 2.31. The van der Waals surface area contributed by atoms with Crippen molar-refractivity contribution in [2.45, 2.75) is 13.2 Å². The fourth-order valence-corrected chi connectivity index (χ4v) is 1.94. The zero-order chi connectivity index (χ0) is 12.3. The average molecular weight is 233 g/mol. The van der Waals surface area contributed by atoms with Gasteiger partial charge in [-0.05, 0) is 11.6 Å². The smallest absolute Gasteiger partial charge is 0.310 e. The van der Waals surface area contributed by atoms with Crippen LogP contribution >= 0.6 is 0 Å². The second-order valence-electron chi connectivity index (χ2n) is 3.81. The number of aromatic nitrogens is 1. The number of benzene rings is 1. The second kappa shape index (κ2) is 5.01. The van der Waals surface area contributed by atoms with Crippen molar-refractivity contribution in [2.75, 3.05) is 14.2 Å². The molecule has 1 aromatic heterocycles. The predicted octanol–water partition coefficient (Wildman–Crippen LogP) is 1.96. The molecule has 0 radical (unpaired) electrons. The van der Waals surface area contributed by atoms with Crippen molar-refractivity contribution in [3.8, 4) is 0 Å². The highest BCUT2D eigenvalue weighted by Crippen LogP contribution is 2.22. The van der Waals surface area contributed by atoms with Gasteiger partial charge in [-0.25, -0.2) is 0 Å². The Morgan fingerprint density at radius 2 is 2.06 bits per heavy atom. The van der Waals surface area contributed by atoms with Gasteiger partial charge in [-0.1, -0.05) is 18.2 Å². The standard InChI is InChI=1S/C13H15NO3/c1-16-9-14-8-10(7-13(15)17-2)11-5-3-4-6-12(11)14/h3-6,8H,7,9H2,1-2H3. The van der Waals surface area contributed by atoms with Crippen molar-refractivity contribution in [2.24, 2.45) is 0 Å². The molecular weight excluding hydrogens is 218 g/mol. The number of carbonyl (C=O) groups excluding carboxylic acids is 1. The van der Waals surface area contributed by atoms with Crippen LogP contribution in [0.15, 0.2) is 30.5 Å². The minimum atomic E-state index is -0.231. The molecule has 0 aliphatic rings. The molecule has 90 valence electrons. The third-order valence-electron chi connectivity index (χ3n) is 2.70. The number of methoxy groups -OCH3 is 2. The summed E-state index contributed by atoms with van der Waals surface area (Å²) >= 11 is 0. The normalized spacial score (nSPS) is 10.7. The van der Waals surface area contributed by atoms with Gasteiger partial charge in [0.05, 0.1) is 19.0 Å². The fraction of sp³-hybridized carbons (Fsp3) is 0.308. The maximum absolute atomic E-state index is 11.3. The number of hydrogen-bond donors (Lipinski definition) is 0. The van der Waals surface area contributed by atoms with Gasteiger partial charge in [-0.3, -0.25) is 4.79 Å². The highest BCUT2D eigenvalue weighted by Gasteiger charge is 2.11. The first-order valence-electron chi connectivity index (χ1n) is 5.38. The maximum atomic E-state index is 11.3. The van der Waals surface area contributed by atoms with Crippen LogP contribution in [0.1, 0.15) is 5.56 Å². The summed E-state index contributed by atoms with van der Waals surface area (Å²) in [5.41, 5.74) is 2.03. The molecule has 2 aromatic rings. The lowest BCUT2D eigenvalue weighted by atomic mass is 10.1. The van der Waals surface area contributed by atoms with E-state index in [9.17, 15) is 4.79 Å². The molecule has 0 spiro atoms. The molecule has 0 aliphatic carbocycles. The molecule has 4 nitrogen and oxygen atoms in total. The Morgan fingerprint density at radius 1 is 1.29 bits per heavy atom. The molecule has 0 amide bonds. The predicted molar refractivity (Wildman–Crippen MR) is 64.7 cm³/mol. The summed E-state index contributed by atoms with van der Waals surface area (Å²) in [4.78, 5) is 11.3. The summed E-state index contributed by atoms with van der Waals surface area (Å²) in [5.74, 6) is -0.231. The molecule has 0 saturated carbocycles. The minimum Gasteiger partial charge on any atom is -0.469 e. The van der Waals surface area contributed by atoms with E-state index in [1.54, 1.807) is 7.11 Å². The Labute approximate surface area is 99.7 Å².